The summed E-state index contributed by atoms with van der Waals surface area (Å²) in [5.74, 6) is 0.880. The maximum Gasteiger partial charge on any atom is 0.257 e. The van der Waals surface area contributed by atoms with Crippen molar-refractivity contribution in [3.63, 3.8) is 0 Å². The van der Waals surface area contributed by atoms with Crippen molar-refractivity contribution in [2.75, 3.05) is 31.1 Å². The van der Waals surface area contributed by atoms with Gasteiger partial charge in [-0.15, -0.1) is 0 Å². The molecule has 98 valence electrons. The van der Waals surface area contributed by atoms with Crippen LogP contribution in [0.2, 0.25) is 0 Å². The lowest BCUT2D eigenvalue weighted by molar-refractivity contribution is 0.0746. The first-order valence-electron chi connectivity index (χ1n) is 6.13. The molecule has 3 rings (SSSR count). The van der Waals surface area contributed by atoms with Crippen LogP contribution in [0, 0.1) is 0 Å². The normalized spacial score (nSPS) is 15.6. The Bertz CT molecular complexity index is 533. The van der Waals surface area contributed by atoms with Gasteiger partial charge in [-0.05, 0) is 0 Å². The van der Waals surface area contributed by atoms with Gasteiger partial charge in [-0.3, -0.25) is 14.9 Å². The number of H-pyrrole nitrogens is 1. The smallest absolute Gasteiger partial charge is 0.257 e. The van der Waals surface area contributed by atoms with E-state index < -0.39 is 0 Å². The Labute approximate surface area is 110 Å². The van der Waals surface area contributed by atoms with Crippen LogP contribution < -0.4 is 4.90 Å². The van der Waals surface area contributed by atoms with Crippen molar-refractivity contribution >= 4 is 11.7 Å². The number of aromatic amines is 1. The maximum absolute atomic E-state index is 12.1. The van der Waals surface area contributed by atoms with Crippen molar-refractivity contribution in [3.8, 4) is 0 Å². The van der Waals surface area contributed by atoms with E-state index >= 15 is 0 Å². The number of rotatable bonds is 2. The van der Waals surface area contributed by atoms with Gasteiger partial charge in [0.1, 0.15) is 5.82 Å². The third-order valence-corrected chi connectivity index (χ3v) is 3.19. The van der Waals surface area contributed by atoms with Crippen LogP contribution in [-0.4, -0.2) is 57.2 Å². The second kappa shape index (κ2) is 5.05. The van der Waals surface area contributed by atoms with E-state index in [4.69, 9.17) is 0 Å². The van der Waals surface area contributed by atoms with E-state index in [1.807, 2.05) is 4.90 Å². The standard InChI is InChI=1S/C12H14N6O/c19-12(10-7-15-16-8-10)18-5-3-17(4-6-18)11-9-13-1-2-14-11/h1-2,7-9H,3-6H2,(H,15,16). The topological polar surface area (TPSA) is 78.0 Å². The van der Waals surface area contributed by atoms with Crippen LogP contribution in [-0.2, 0) is 0 Å². The van der Waals surface area contributed by atoms with Crippen LogP contribution in [0.1, 0.15) is 10.4 Å². The first kappa shape index (κ1) is 11.6. The molecule has 0 aliphatic carbocycles. The molecule has 0 atom stereocenters. The minimum atomic E-state index is 0.0209. The molecule has 7 heteroatoms. The highest BCUT2D eigenvalue weighted by molar-refractivity contribution is 5.93. The van der Waals surface area contributed by atoms with Crippen molar-refractivity contribution in [1.82, 2.24) is 25.1 Å². The number of aromatic nitrogens is 4. The van der Waals surface area contributed by atoms with E-state index in [1.165, 1.54) is 0 Å². The largest absolute Gasteiger partial charge is 0.352 e. The molecule has 3 heterocycles. The summed E-state index contributed by atoms with van der Waals surface area (Å²) in [6.07, 6.45) is 8.25. The molecule has 2 aromatic heterocycles. The van der Waals surface area contributed by atoms with Crippen LogP contribution >= 0.6 is 0 Å². The Morgan fingerprint density at radius 2 is 2.00 bits per heavy atom. The molecule has 1 fully saturated rings. The summed E-state index contributed by atoms with van der Waals surface area (Å²) >= 11 is 0. The monoisotopic (exact) mass is 258 g/mol. The van der Waals surface area contributed by atoms with E-state index in [0.717, 1.165) is 18.9 Å². The van der Waals surface area contributed by atoms with E-state index in [9.17, 15) is 4.79 Å². The summed E-state index contributed by atoms with van der Waals surface area (Å²) in [5.41, 5.74) is 0.605. The molecule has 0 radical (unpaired) electrons. The molecule has 2 aromatic rings. The first-order chi connectivity index (χ1) is 9.34. The lowest BCUT2D eigenvalue weighted by Gasteiger charge is -2.35. The summed E-state index contributed by atoms with van der Waals surface area (Å²) < 4.78 is 0. The predicted octanol–water partition coefficient (Wildman–Crippen LogP) is 0.162. The average Bonchev–Trinajstić information content (AvgIpc) is 3.02. The Hall–Kier alpha value is -2.44. The Balaban J connectivity index is 1.62. The van der Waals surface area contributed by atoms with Crippen LogP contribution in [0.4, 0.5) is 5.82 Å². The molecular formula is C12H14N6O. The third-order valence-electron chi connectivity index (χ3n) is 3.19. The average molecular weight is 258 g/mol. The van der Waals surface area contributed by atoms with Gasteiger partial charge in [-0.25, -0.2) is 4.98 Å². The van der Waals surface area contributed by atoms with Crippen LogP contribution in [0.5, 0.6) is 0 Å². The summed E-state index contributed by atoms with van der Waals surface area (Å²) in [6, 6.07) is 0. The number of anilines is 1. The van der Waals surface area contributed by atoms with Crippen molar-refractivity contribution in [2.24, 2.45) is 0 Å². The number of nitrogens with one attached hydrogen (secondary N) is 1. The molecular weight excluding hydrogens is 244 g/mol. The zero-order valence-electron chi connectivity index (χ0n) is 10.4. The van der Waals surface area contributed by atoms with E-state index in [-0.39, 0.29) is 5.91 Å². The maximum atomic E-state index is 12.1. The summed E-state index contributed by atoms with van der Waals surface area (Å²) in [5, 5.41) is 6.46. The SMILES string of the molecule is O=C(c1cn[nH]c1)N1CCN(c2cnccn2)CC1. The lowest BCUT2D eigenvalue weighted by atomic mass is 10.2. The number of carbonyl (C=O) groups excluding carboxylic acids is 1. The van der Waals surface area contributed by atoms with Crippen molar-refractivity contribution < 1.29 is 4.79 Å². The summed E-state index contributed by atoms with van der Waals surface area (Å²) in [6.45, 7) is 2.89. The van der Waals surface area contributed by atoms with Gasteiger partial charge >= 0.3 is 0 Å². The van der Waals surface area contributed by atoms with Crippen molar-refractivity contribution in [3.05, 3.63) is 36.5 Å². The van der Waals surface area contributed by atoms with E-state index in [0.29, 0.717) is 18.7 Å². The van der Waals surface area contributed by atoms with E-state index in [2.05, 4.69) is 25.1 Å². The van der Waals surface area contributed by atoms with Gasteiger partial charge in [0.15, 0.2) is 0 Å². The number of hydrogen-bond donors (Lipinski definition) is 1. The Morgan fingerprint density at radius 1 is 1.16 bits per heavy atom. The fraction of sp³-hybridized carbons (Fsp3) is 0.333. The number of amides is 1. The molecule has 1 N–H and O–H groups in total. The Kier molecular flexibility index (Phi) is 3.09. The molecule has 1 saturated heterocycles. The molecule has 0 unspecified atom stereocenters. The molecule has 1 aliphatic rings. The lowest BCUT2D eigenvalue weighted by Crippen LogP contribution is -2.49. The van der Waals surface area contributed by atoms with Gasteiger partial charge in [-0.2, -0.15) is 5.10 Å². The highest BCUT2D eigenvalue weighted by atomic mass is 16.2. The highest BCUT2D eigenvalue weighted by Gasteiger charge is 2.23. The minimum Gasteiger partial charge on any atom is -0.352 e. The van der Waals surface area contributed by atoms with Crippen molar-refractivity contribution in [1.29, 1.82) is 0 Å². The van der Waals surface area contributed by atoms with Crippen LogP contribution in [0.15, 0.2) is 31.0 Å². The quantitative estimate of drug-likeness (QED) is 0.830. The molecule has 7 nitrogen and oxygen atoms in total. The zero-order valence-corrected chi connectivity index (χ0v) is 10.4. The molecule has 1 amide bonds. The number of hydrogen-bond acceptors (Lipinski definition) is 5. The minimum absolute atomic E-state index is 0.0209. The molecule has 19 heavy (non-hydrogen) atoms. The highest BCUT2D eigenvalue weighted by Crippen LogP contribution is 2.13. The van der Waals surface area contributed by atoms with Gasteiger partial charge in [0.05, 0.1) is 18.0 Å². The number of piperazine rings is 1. The molecule has 0 aromatic carbocycles. The van der Waals surface area contributed by atoms with E-state index in [1.54, 1.807) is 31.0 Å². The predicted molar refractivity (Wildman–Crippen MR) is 68.7 cm³/mol. The zero-order chi connectivity index (χ0) is 13.1. The molecule has 0 spiro atoms. The fourth-order valence-corrected chi connectivity index (χ4v) is 2.14. The number of carbonyl (C=O) groups is 1. The Morgan fingerprint density at radius 3 is 2.63 bits per heavy atom. The molecule has 1 aliphatic heterocycles. The van der Waals surface area contributed by atoms with Gasteiger partial charge < -0.3 is 9.80 Å². The van der Waals surface area contributed by atoms with Gasteiger partial charge in [-0.1, -0.05) is 0 Å². The summed E-state index contributed by atoms with van der Waals surface area (Å²) in [4.78, 5) is 24.4. The molecule has 0 saturated carbocycles. The van der Waals surface area contributed by atoms with Crippen molar-refractivity contribution in [2.45, 2.75) is 0 Å². The molecule has 0 bridgehead atoms. The second-order valence-corrected chi connectivity index (χ2v) is 4.33. The van der Waals surface area contributed by atoms with Gasteiger partial charge in [0.2, 0.25) is 0 Å². The van der Waals surface area contributed by atoms with Crippen LogP contribution in [0.25, 0.3) is 0 Å². The fourth-order valence-electron chi connectivity index (χ4n) is 2.14. The summed E-state index contributed by atoms with van der Waals surface area (Å²) in [7, 11) is 0. The first-order valence-corrected chi connectivity index (χ1v) is 6.13. The van der Waals surface area contributed by atoms with Gasteiger partial charge in [0.25, 0.3) is 5.91 Å². The van der Waals surface area contributed by atoms with Crippen LogP contribution in [0.3, 0.4) is 0 Å². The number of nitrogens with zero attached hydrogens (tertiary/aromatic N) is 5. The third kappa shape index (κ3) is 2.40. The van der Waals surface area contributed by atoms with Gasteiger partial charge in [0, 0.05) is 44.8 Å². The second-order valence-electron chi connectivity index (χ2n) is 4.33.